The van der Waals surface area contributed by atoms with Crippen molar-refractivity contribution >= 4 is 10.8 Å². The average molecular weight is 241 g/mol. The molecular formula is C16H19NO. The van der Waals surface area contributed by atoms with Crippen LogP contribution < -0.4 is 5.32 Å². The van der Waals surface area contributed by atoms with Gasteiger partial charge in [0, 0.05) is 6.04 Å². The lowest BCUT2D eigenvalue weighted by atomic mass is 9.91. The fourth-order valence-corrected chi connectivity index (χ4v) is 2.43. The third kappa shape index (κ3) is 2.14. The Labute approximate surface area is 108 Å². The molecule has 0 bridgehead atoms. The zero-order valence-corrected chi connectivity index (χ0v) is 10.7. The quantitative estimate of drug-likeness (QED) is 0.862. The molecule has 3 rings (SSSR count). The molecule has 2 heteroatoms. The molecule has 0 amide bonds. The maximum Gasteiger partial charge on any atom is 0.0652 e. The summed E-state index contributed by atoms with van der Waals surface area (Å²) in [5.41, 5.74) is 0.834. The largest absolute Gasteiger partial charge is 0.394 e. The van der Waals surface area contributed by atoms with E-state index in [0.29, 0.717) is 6.04 Å². The number of nitrogens with one attached hydrogen (secondary N) is 1. The third-order valence-electron chi connectivity index (χ3n) is 3.80. The van der Waals surface area contributed by atoms with Gasteiger partial charge in [0.25, 0.3) is 0 Å². The summed E-state index contributed by atoms with van der Waals surface area (Å²) in [6.45, 7) is 2.21. The second-order valence-electron chi connectivity index (χ2n) is 5.47. The van der Waals surface area contributed by atoms with Crippen LogP contribution in [0.5, 0.6) is 0 Å². The smallest absolute Gasteiger partial charge is 0.0652 e. The normalized spacial score (nSPS) is 18.8. The van der Waals surface area contributed by atoms with Crippen molar-refractivity contribution in [1.82, 2.24) is 5.32 Å². The highest BCUT2D eigenvalue weighted by atomic mass is 16.3. The predicted molar refractivity (Wildman–Crippen MR) is 74.5 cm³/mol. The van der Waals surface area contributed by atoms with Crippen LogP contribution in [-0.2, 0) is 5.54 Å². The molecule has 0 radical (unpaired) electrons. The zero-order chi connectivity index (χ0) is 12.6. The van der Waals surface area contributed by atoms with Gasteiger partial charge in [-0.25, -0.2) is 0 Å². The molecule has 18 heavy (non-hydrogen) atoms. The first-order chi connectivity index (χ1) is 8.71. The van der Waals surface area contributed by atoms with Crippen molar-refractivity contribution in [2.75, 3.05) is 6.61 Å². The van der Waals surface area contributed by atoms with Crippen molar-refractivity contribution in [2.24, 2.45) is 0 Å². The highest BCUT2D eigenvalue weighted by Gasteiger charge is 2.33. The molecule has 1 saturated carbocycles. The Morgan fingerprint density at radius 2 is 1.89 bits per heavy atom. The van der Waals surface area contributed by atoms with E-state index in [9.17, 15) is 5.11 Å². The predicted octanol–water partition coefficient (Wildman–Crippen LogP) is 2.80. The van der Waals surface area contributed by atoms with E-state index in [2.05, 4.69) is 54.7 Å². The van der Waals surface area contributed by atoms with E-state index in [0.717, 1.165) is 5.56 Å². The van der Waals surface area contributed by atoms with Crippen LogP contribution >= 0.6 is 0 Å². The summed E-state index contributed by atoms with van der Waals surface area (Å²) in [5.74, 6) is 0. The lowest BCUT2D eigenvalue weighted by Crippen LogP contribution is -2.44. The van der Waals surface area contributed by atoms with Crippen LogP contribution in [0, 0.1) is 0 Å². The highest BCUT2D eigenvalue weighted by molar-refractivity contribution is 5.83. The Bertz CT molecular complexity index is 562. The van der Waals surface area contributed by atoms with E-state index < -0.39 is 0 Å². The van der Waals surface area contributed by atoms with Crippen LogP contribution in [0.1, 0.15) is 25.3 Å². The molecule has 0 saturated heterocycles. The average Bonchev–Trinajstić information content (AvgIpc) is 3.22. The van der Waals surface area contributed by atoms with E-state index in [4.69, 9.17) is 0 Å². The summed E-state index contributed by atoms with van der Waals surface area (Å²) in [6.07, 6.45) is 2.45. The van der Waals surface area contributed by atoms with Gasteiger partial charge in [-0.05, 0) is 42.2 Å². The molecule has 0 aromatic heterocycles. The van der Waals surface area contributed by atoms with Gasteiger partial charge in [0.05, 0.1) is 12.1 Å². The zero-order valence-electron chi connectivity index (χ0n) is 10.7. The van der Waals surface area contributed by atoms with Gasteiger partial charge in [0.1, 0.15) is 0 Å². The van der Waals surface area contributed by atoms with Crippen LogP contribution in [-0.4, -0.2) is 17.8 Å². The van der Waals surface area contributed by atoms with Crippen LogP contribution in [0.2, 0.25) is 0 Å². The maximum atomic E-state index is 9.72. The van der Waals surface area contributed by atoms with Gasteiger partial charge >= 0.3 is 0 Å². The van der Waals surface area contributed by atoms with Crippen LogP contribution in [0.3, 0.4) is 0 Å². The molecule has 1 unspecified atom stereocenters. The van der Waals surface area contributed by atoms with Crippen LogP contribution in [0.15, 0.2) is 42.5 Å². The third-order valence-corrected chi connectivity index (χ3v) is 3.80. The molecule has 94 valence electrons. The van der Waals surface area contributed by atoms with Gasteiger partial charge in [-0.15, -0.1) is 0 Å². The Hall–Kier alpha value is -1.38. The molecule has 1 aliphatic carbocycles. The molecule has 2 aromatic rings. The first-order valence-corrected chi connectivity index (χ1v) is 6.59. The van der Waals surface area contributed by atoms with Gasteiger partial charge in [-0.3, -0.25) is 0 Å². The van der Waals surface area contributed by atoms with E-state index in [1.165, 1.54) is 23.6 Å². The Morgan fingerprint density at radius 1 is 1.17 bits per heavy atom. The van der Waals surface area contributed by atoms with Crippen LogP contribution in [0.4, 0.5) is 0 Å². The SMILES string of the molecule is CC(CO)(NC1CC1)c1ccc2ccccc2c1. The van der Waals surface area contributed by atoms with E-state index in [-0.39, 0.29) is 12.1 Å². The van der Waals surface area contributed by atoms with E-state index in [1.807, 2.05) is 0 Å². The lowest BCUT2D eigenvalue weighted by molar-refractivity contribution is 0.173. The molecular weight excluding hydrogens is 222 g/mol. The molecule has 1 fully saturated rings. The lowest BCUT2D eigenvalue weighted by Gasteiger charge is -2.30. The molecule has 2 N–H and O–H groups in total. The van der Waals surface area contributed by atoms with Gasteiger partial charge in [0.15, 0.2) is 0 Å². The summed E-state index contributed by atoms with van der Waals surface area (Å²) in [5, 5.41) is 15.7. The summed E-state index contributed by atoms with van der Waals surface area (Å²) in [4.78, 5) is 0. The second-order valence-corrected chi connectivity index (χ2v) is 5.47. The number of hydrogen-bond acceptors (Lipinski definition) is 2. The minimum atomic E-state index is -0.328. The van der Waals surface area contributed by atoms with Crippen molar-refractivity contribution < 1.29 is 5.11 Å². The van der Waals surface area contributed by atoms with E-state index >= 15 is 0 Å². The van der Waals surface area contributed by atoms with Crippen molar-refractivity contribution in [3.63, 3.8) is 0 Å². The van der Waals surface area contributed by atoms with Crippen molar-refractivity contribution in [1.29, 1.82) is 0 Å². The molecule has 1 aliphatic rings. The minimum Gasteiger partial charge on any atom is -0.394 e. The van der Waals surface area contributed by atoms with Gasteiger partial charge in [0.2, 0.25) is 0 Å². The minimum absolute atomic E-state index is 0.127. The monoisotopic (exact) mass is 241 g/mol. The maximum absolute atomic E-state index is 9.72. The number of rotatable bonds is 4. The number of benzene rings is 2. The van der Waals surface area contributed by atoms with Crippen molar-refractivity contribution in [2.45, 2.75) is 31.3 Å². The van der Waals surface area contributed by atoms with Crippen molar-refractivity contribution in [3.05, 3.63) is 48.0 Å². The molecule has 2 aromatic carbocycles. The summed E-state index contributed by atoms with van der Waals surface area (Å²) < 4.78 is 0. The summed E-state index contributed by atoms with van der Waals surface area (Å²) in [7, 11) is 0. The molecule has 0 heterocycles. The first kappa shape index (κ1) is 11.7. The van der Waals surface area contributed by atoms with Gasteiger partial charge in [-0.1, -0.05) is 36.4 Å². The first-order valence-electron chi connectivity index (χ1n) is 6.59. The number of aliphatic hydroxyl groups is 1. The second kappa shape index (κ2) is 4.38. The molecule has 0 aliphatic heterocycles. The van der Waals surface area contributed by atoms with Gasteiger partial charge < -0.3 is 10.4 Å². The van der Waals surface area contributed by atoms with Gasteiger partial charge in [-0.2, -0.15) is 0 Å². The fourth-order valence-electron chi connectivity index (χ4n) is 2.43. The molecule has 2 nitrogen and oxygen atoms in total. The number of hydrogen-bond donors (Lipinski definition) is 2. The standard InChI is InChI=1S/C16H19NO/c1-16(11-18,17-15-8-9-15)14-7-6-12-4-2-3-5-13(12)10-14/h2-7,10,15,17-18H,8-9,11H2,1H3. The topological polar surface area (TPSA) is 32.3 Å². The summed E-state index contributed by atoms with van der Waals surface area (Å²) >= 11 is 0. The Balaban J connectivity index is 2.00. The van der Waals surface area contributed by atoms with Crippen LogP contribution in [0.25, 0.3) is 10.8 Å². The molecule has 1 atom stereocenters. The summed E-state index contributed by atoms with van der Waals surface area (Å²) in [6, 6.07) is 15.3. The Kier molecular flexibility index (Phi) is 2.84. The Morgan fingerprint density at radius 3 is 2.56 bits per heavy atom. The number of fused-ring (bicyclic) bond motifs is 1. The highest BCUT2D eigenvalue weighted by Crippen LogP contribution is 2.29. The van der Waals surface area contributed by atoms with Crippen molar-refractivity contribution in [3.8, 4) is 0 Å². The fraction of sp³-hybridized carbons (Fsp3) is 0.375. The van der Waals surface area contributed by atoms with E-state index in [1.54, 1.807) is 0 Å². The molecule has 0 spiro atoms. The number of aliphatic hydroxyl groups excluding tert-OH is 1.